The second-order valence-corrected chi connectivity index (χ2v) is 14.2. The lowest BCUT2D eigenvalue weighted by Crippen LogP contribution is -2.31. The lowest BCUT2D eigenvalue weighted by atomic mass is 9.76. The van der Waals surface area contributed by atoms with Gasteiger partial charge >= 0.3 is 7.82 Å². The van der Waals surface area contributed by atoms with Crippen molar-refractivity contribution in [1.29, 1.82) is 0 Å². The molecule has 0 aliphatic rings. The summed E-state index contributed by atoms with van der Waals surface area (Å²) in [7, 11) is -3.72. The van der Waals surface area contributed by atoms with E-state index in [0.29, 0.717) is 19.8 Å². The van der Waals surface area contributed by atoms with E-state index in [-0.39, 0.29) is 16.2 Å². The van der Waals surface area contributed by atoms with Crippen LogP contribution in [-0.2, 0) is 18.1 Å². The highest BCUT2D eigenvalue weighted by molar-refractivity contribution is 7.48. The molecule has 0 aromatic heterocycles. The maximum Gasteiger partial charge on any atom is 0.474 e. The van der Waals surface area contributed by atoms with Crippen molar-refractivity contribution >= 4 is 7.82 Å². The minimum atomic E-state index is -3.72. The highest BCUT2D eigenvalue weighted by Crippen LogP contribution is 2.55. The molecule has 0 radical (unpaired) electrons. The first-order valence-corrected chi connectivity index (χ1v) is 18.2. The van der Waals surface area contributed by atoms with Crippen LogP contribution in [0.15, 0.2) is 0 Å². The summed E-state index contributed by atoms with van der Waals surface area (Å²) in [5.41, 5.74) is 0.129. The quantitative estimate of drug-likeness (QED) is 0.0937. The van der Waals surface area contributed by atoms with E-state index in [1.807, 2.05) is 0 Å². The highest BCUT2D eigenvalue weighted by Gasteiger charge is 2.40. The molecule has 0 aliphatic heterocycles. The third-order valence-corrected chi connectivity index (χ3v) is 9.95. The molecule has 0 spiro atoms. The second-order valence-electron chi connectivity index (χ2n) is 12.5. The molecule has 4 nitrogen and oxygen atoms in total. The molecule has 0 bridgehead atoms. The van der Waals surface area contributed by atoms with Gasteiger partial charge < -0.3 is 0 Å². The minimum absolute atomic E-state index is 0.0430. The summed E-state index contributed by atoms with van der Waals surface area (Å²) < 4.78 is 33.8. The van der Waals surface area contributed by atoms with E-state index in [4.69, 9.17) is 13.6 Å². The normalized spacial score (nSPS) is 13.4. The van der Waals surface area contributed by atoms with Gasteiger partial charge in [0.25, 0.3) is 0 Å². The van der Waals surface area contributed by atoms with Gasteiger partial charge in [-0.05, 0) is 74.0 Å². The molecule has 0 heterocycles. The summed E-state index contributed by atoms with van der Waals surface area (Å²) in [6, 6.07) is 0. The molecule has 0 atom stereocenters. The average molecular weight is 561 g/mol. The molecule has 0 saturated heterocycles. The fraction of sp³-hybridized carbons (Fsp3) is 1.00. The molecule has 230 valence electrons. The van der Waals surface area contributed by atoms with E-state index in [0.717, 1.165) is 116 Å². The Morgan fingerprint density at radius 3 is 0.658 bits per heavy atom. The molecule has 0 fully saturated rings. The van der Waals surface area contributed by atoms with Crippen molar-refractivity contribution in [2.45, 2.75) is 178 Å². The van der Waals surface area contributed by atoms with E-state index < -0.39 is 7.82 Å². The Hall–Kier alpha value is 0.110. The van der Waals surface area contributed by atoms with Gasteiger partial charge in [-0.2, -0.15) is 0 Å². The summed E-state index contributed by atoms with van der Waals surface area (Å²) >= 11 is 0. The van der Waals surface area contributed by atoms with E-state index in [1.54, 1.807) is 0 Å². The first kappa shape index (κ1) is 38.1. The van der Waals surface area contributed by atoms with E-state index >= 15 is 0 Å². The molecule has 0 unspecified atom stereocenters. The molecule has 38 heavy (non-hydrogen) atoms. The predicted octanol–water partition coefficient (Wildman–Crippen LogP) is 12.3. The third kappa shape index (κ3) is 13.6. The SMILES string of the molecule is CCCC(CCC)(CCC)COP(=O)(OCC(CCC)(CCC)CCC)OCC(CCC)(CCC)CCC. The molecule has 0 N–H and O–H groups in total. The van der Waals surface area contributed by atoms with E-state index in [1.165, 1.54) is 0 Å². The van der Waals surface area contributed by atoms with Gasteiger partial charge in [0.05, 0.1) is 19.8 Å². The van der Waals surface area contributed by atoms with Crippen molar-refractivity contribution < 1.29 is 18.1 Å². The Labute approximate surface area is 239 Å². The van der Waals surface area contributed by atoms with Crippen molar-refractivity contribution in [2.24, 2.45) is 16.2 Å². The van der Waals surface area contributed by atoms with Crippen molar-refractivity contribution in [3.8, 4) is 0 Å². The molecule has 0 aliphatic carbocycles. The zero-order valence-electron chi connectivity index (χ0n) is 27.4. The molecular formula is C33H69O4P. The van der Waals surface area contributed by atoms with Crippen LogP contribution in [0, 0.1) is 16.2 Å². The summed E-state index contributed by atoms with van der Waals surface area (Å²) in [6.07, 6.45) is 19.8. The van der Waals surface area contributed by atoms with Gasteiger partial charge in [0.1, 0.15) is 0 Å². The maximum absolute atomic E-state index is 14.5. The Balaban J connectivity index is 6.17. The van der Waals surface area contributed by atoms with Crippen LogP contribution in [0.25, 0.3) is 0 Å². The molecule has 0 aromatic rings. The summed E-state index contributed by atoms with van der Waals surface area (Å²) in [4.78, 5) is 0. The molecule has 0 aromatic carbocycles. The summed E-state index contributed by atoms with van der Waals surface area (Å²) in [5.74, 6) is 0. The minimum Gasteiger partial charge on any atom is -0.286 e. The Morgan fingerprint density at radius 1 is 0.368 bits per heavy atom. The predicted molar refractivity (Wildman–Crippen MR) is 167 cm³/mol. The van der Waals surface area contributed by atoms with Crippen LogP contribution < -0.4 is 0 Å². The first-order valence-electron chi connectivity index (χ1n) is 16.7. The standard InChI is InChI=1S/C33H69O4P/c1-10-19-31(20-11-2,21-12-3)28-35-38(34,36-29-32(22-13-4,23-14-5)24-15-6)37-30-33(25-16-7,26-17-8)27-18-9/h10-30H2,1-9H3. The van der Waals surface area contributed by atoms with Crippen LogP contribution in [0.1, 0.15) is 178 Å². The lowest BCUT2D eigenvalue weighted by Gasteiger charge is -2.38. The van der Waals surface area contributed by atoms with Gasteiger partial charge in [0.15, 0.2) is 0 Å². The van der Waals surface area contributed by atoms with Crippen molar-refractivity contribution in [3.63, 3.8) is 0 Å². The topological polar surface area (TPSA) is 44.8 Å². The Morgan fingerprint density at radius 2 is 0.526 bits per heavy atom. The van der Waals surface area contributed by atoms with Gasteiger partial charge in [-0.15, -0.1) is 0 Å². The second kappa shape index (κ2) is 20.9. The summed E-state index contributed by atoms with van der Waals surface area (Å²) in [6.45, 7) is 21.6. The largest absolute Gasteiger partial charge is 0.474 e. The van der Waals surface area contributed by atoms with Crippen molar-refractivity contribution in [3.05, 3.63) is 0 Å². The molecule has 0 saturated carbocycles. The van der Waals surface area contributed by atoms with Crippen LogP contribution in [0.5, 0.6) is 0 Å². The molecule has 5 heteroatoms. The summed E-state index contributed by atoms with van der Waals surface area (Å²) in [5, 5.41) is 0. The first-order chi connectivity index (χ1) is 18.2. The van der Waals surface area contributed by atoms with Gasteiger partial charge in [0, 0.05) is 0 Å². The van der Waals surface area contributed by atoms with E-state index in [2.05, 4.69) is 62.3 Å². The smallest absolute Gasteiger partial charge is 0.286 e. The monoisotopic (exact) mass is 560 g/mol. The highest BCUT2D eigenvalue weighted by atomic mass is 31.2. The van der Waals surface area contributed by atoms with Crippen LogP contribution in [0.3, 0.4) is 0 Å². The van der Waals surface area contributed by atoms with Gasteiger partial charge in [-0.1, -0.05) is 120 Å². The lowest BCUT2D eigenvalue weighted by molar-refractivity contribution is 0.00725. The average Bonchev–Trinajstić information content (AvgIpc) is 2.87. The Bertz CT molecular complexity index is 474. The zero-order valence-corrected chi connectivity index (χ0v) is 28.3. The maximum atomic E-state index is 14.5. The third-order valence-electron chi connectivity index (χ3n) is 8.61. The molecule has 0 amide bonds. The van der Waals surface area contributed by atoms with Gasteiger partial charge in [-0.25, -0.2) is 4.57 Å². The number of phosphoric ester groups is 1. The Kier molecular flexibility index (Phi) is 21.0. The van der Waals surface area contributed by atoms with Gasteiger partial charge in [-0.3, -0.25) is 13.6 Å². The number of phosphoric acid groups is 1. The molecular weight excluding hydrogens is 491 g/mol. The number of rotatable bonds is 27. The van der Waals surface area contributed by atoms with Crippen LogP contribution >= 0.6 is 7.82 Å². The van der Waals surface area contributed by atoms with Crippen LogP contribution in [0.4, 0.5) is 0 Å². The van der Waals surface area contributed by atoms with Crippen molar-refractivity contribution in [1.82, 2.24) is 0 Å². The van der Waals surface area contributed by atoms with E-state index in [9.17, 15) is 4.57 Å². The number of hydrogen-bond acceptors (Lipinski definition) is 4. The molecule has 0 rings (SSSR count). The van der Waals surface area contributed by atoms with Crippen LogP contribution in [0.2, 0.25) is 0 Å². The number of hydrogen-bond donors (Lipinski definition) is 0. The van der Waals surface area contributed by atoms with Crippen LogP contribution in [-0.4, -0.2) is 19.8 Å². The van der Waals surface area contributed by atoms with Gasteiger partial charge in [0.2, 0.25) is 0 Å². The fourth-order valence-electron chi connectivity index (χ4n) is 7.31. The fourth-order valence-corrected chi connectivity index (χ4v) is 8.83. The zero-order chi connectivity index (χ0) is 29.0. The van der Waals surface area contributed by atoms with Crippen molar-refractivity contribution in [2.75, 3.05) is 19.8 Å².